The summed E-state index contributed by atoms with van der Waals surface area (Å²) in [6.45, 7) is 7.79. The van der Waals surface area contributed by atoms with Crippen LogP contribution in [-0.2, 0) is 28.2 Å². The van der Waals surface area contributed by atoms with Gasteiger partial charge in [0.05, 0.1) is 35.9 Å². The van der Waals surface area contributed by atoms with E-state index in [1.54, 1.807) is 32.4 Å². The van der Waals surface area contributed by atoms with Gasteiger partial charge in [-0.2, -0.15) is 5.10 Å². The number of methoxy groups -OCH3 is 1. The summed E-state index contributed by atoms with van der Waals surface area (Å²) in [6, 6.07) is 11.5. The fraction of sp³-hybridized carbons (Fsp3) is 0.486. The van der Waals surface area contributed by atoms with Gasteiger partial charge in [0.25, 0.3) is 11.8 Å². The molecular formula is C37H46ClN5O5S. The Morgan fingerprint density at radius 1 is 1.22 bits per heavy atom. The van der Waals surface area contributed by atoms with Crippen LogP contribution in [0.2, 0.25) is 5.02 Å². The zero-order chi connectivity index (χ0) is 34.7. The average molecular weight is 708 g/mol. The molecule has 2 saturated carbocycles. The second kappa shape index (κ2) is 15.1. The molecule has 2 aliphatic carbocycles. The van der Waals surface area contributed by atoms with E-state index < -0.39 is 21.7 Å². The van der Waals surface area contributed by atoms with Crippen molar-refractivity contribution in [1.82, 2.24) is 14.5 Å². The van der Waals surface area contributed by atoms with E-state index in [0.29, 0.717) is 55.4 Å². The number of aryl methyl sites for hydroxylation is 1. The number of hydrogen-bond donors (Lipinski definition) is 1. The number of fused-ring (bicyclic) bond motifs is 4. The molecule has 6 atom stereocenters. The largest absolute Gasteiger partial charge is 0.491 e. The lowest BCUT2D eigenvalue weighted by atomic mass is 9.70. The highest BCUT2D eigenvalue weighted by Crippen LogP contribution is 2.52. The van der Waals surface area contributed by atoms with Gasteiger partial charge in [-0.3, -0.25) is 19.0 Å². The van der Waals surface area contributed by atoms with Crippen LogP contribution in [0.3, 0.4) is 0 Å². The first kappa shape index (κ1) is 35.2. The molecule has 12 heteroatoms. The number of rotatable bonds is 11. The molecule has 3 aromatic rings. The van der Waals surface area contributed by atoms with E-state index in [0.717, 1.165) is 42.9 Å². The smallest absolute Gasteiger partial charge is 0.286 e. The van der Waals surface area contributed by atoms with E-state index in [9.17, 15) is 13.8 Å². The molecule has 49 heavy (non-hydrogen) atoms. The van der Waals surface area contributed by atoms with Crippen molar-refractivity contribution < 1.29 is 23.3 Å². The highest BCUT2D eigenvalue weighted by Gasteiger charge is 2.41. The molecule has 2 fully saturated rings. The molecule has 1 N–H and O–H groups in total. The standard InChI is InChI=1S/C37H46ClN5O5S/c1-5-6-7-16-49(46,41-37(45)29-20-39-42(3)21-29)40-36(44)26-10-13-35-34(18-26)43(22-27-9-12-31(27)24(2)47-4)23-28-8-11-30(38)19-33(28)32-17-25(32)14-15-48-35/h5,8,10-11,13,18-21,24-25,27,31-32H,1,6-7,9,12,14-17,22-23H2,2-4H3,(H,40,41,44,45,46)/t24-,25+,27-,31-,32-,49-/m0/s1. The SMILES string of the molecule is C=CCCC[S@](=O)(=NC(=O)c1ccc2c(c1)N(C[C@@H]1CC[C@H]1[C@H](C)OC)Cc1ccc(Cl)cc1[C@H]1C[C@H]1CCO2)NC(=O)c1cnn(C)c1. The van der Waals surface area contributed by atoms with Crippen molar-refractivity contribution >= 4 is 39.0 Å². The number of carbonyl (C=O) groups is 2. The van der Waals surface area contributed by atoms with Crippen LogP contribution >= 0.6 is 11.6 Å². The number of anilines is 1. The Bertz CT molecular complexity index is 1830. The minimum Gasteiger partial charge on any atom is -0.491 e. The van der Waals surface area contributed by atoms with Crippen molar-refractivity contribution in [2.75, 3.05) is 30.9 Å². The van der Waals surface area contributed by atoms with Crippen LogP contribution in [0, 0.1) is 17.8 Å². The number of ether oxygens (including phenoxy) is 2. The van der Waals surface area contributed by atoms with Gasteiger partial charge in [0.2, 0.25) is 0 Å². The lowest BCUT2D eigenvalue weighted by molar-refractivity contribution is -0.00421. The Kier molecular flexibility index (Phi) is 10.8. The van der Waals surface area contributed by atoms with E-state index >= 15 is 0 Å². The third-order valence-electron chi connectivity index (χ3n) is 10.3. The van der Waals surface area contributed by atoms with Crippen LogP contribution in [0.5, 0.6) is 5.75 Å². The lowest BCUT2D eigenvalue weighted by Gasteiger charge is -2.43. The van der Waals surface area contributed by atoms with Gasteiger partial charge < -0.3 is 14.4 Å². The van der Waals surface area contributed by atoms with Crippen LogP contribution in [0.15, 0.2) is 65.8 Å². The maximum atomic E-state index is 14.1. The van der Waals surface area contributed by atoms with Crippen molar-refractivity contribution in [3.63, 3.8) is 0 Å². The highest BCUT2D eigenvalue weighted by molar-refractivity contribution is 7.92. The minimum atomic E-state index is -3.47. The Morgan fingerprint density at radius 3 is 2.78 bits per heavy atom. The van der Waals surface area contributed by atoms with Gasteiger partial charge in [0, 0.05) is 44.0 Å². The molecule has 1 aromatic heterocycles. The van der Waals surface area contributed by atoms with Gasteiger partial charge in [-0.1, -0.05) is 23.7 Å². The number of allylic oxidation sites excluding steroid dienone is 1. The van der Waals surface area contributed by atoms with Crippen molar-refractivity contribution in [3.05, 3.63) is 88.7 Å². The first-order valence-corrected chi connectivity index (χ1v) is 19.2. The first-order valence-electron chi connectivity index (χ1n) is 17.1. The van der Waals surface area contributed by atoms with Crippen LogP contribution < -0.4 is 14.4 Å². The van der Waals surface area contributed by atoms with Crippen molar-refractivity contribution in [3.8, 4) is 5.75 Å². The fourth-order valence-electron chi connectivity index (χ4n) is 7.17. The van der Waals surface area contributed by atoms with Gasteiger partial charge in [-0.25, -0.2) is 4.21 Å². The van der Waals surface area contributed by atoms with Crippen molar-refractivity contribution in [2.24, 2.45) is 29.2 Å². The normalized spacial score (nSPS) is 23.1. The van der Waals surface area contributed by atoms with E-state index in [1.807, 2.05) is 12.1 Å². The molecule has 3 aliphatic rings. The fourth-order valence-corrected chi connectivity index (χ4v) is 8.92. The van der Waals surface area contributed by atoms with Crippen LogP contribution in [0.4, 0.5) is 5.69 Å². The maximum Gasteiger partial charge on any atom is 0.286 e. The molecule has 10 nitrogen and oxygen atoms in total. The molecule has 0 bridgehead atoms. The summed E-state index contributed by atoms with van der Waals surface area (Å²) in [4.78, 5) is 29.2. The summed E-state index contributed by atoms with van der Waals surface area (Å²) in [5.41, 5.74) is 3.78. The predicted octanol–water partition coefficient (Wildman–Crippen LogP) is 6.95. The first-order chi connectivity index (χ1) is 23.6. The molecule has 6 rings (SSSR count). The molecule has 0 radical (unpaired) electrons. The van der Waals surface area contributed by atoms with E-state index in [4.69, 9.17) is 21.1 Å². The molecule has 2 heterocycles. The molecule has 1 aliphatic heterocycles. The number of nitrogens with one attached hydrogen (secondary N) is 1. The highest BCUT2D eigenvalue weighted by atomic mass is 35.5. The average Bonchev–Trinajstić information content (AvgIpc) is 3.70. The summed E-state index contributed by atoms with van der Waals surface area (Å²) < 4.78 is 34.5. The number of benzene rings is 2. The zero-order valence-corrected chi connectivity index (χ0v) is 30.0. The summed E-state index contributed by atoms with van der Waals surface area (Å²) in [6.07, 6.45) is 9.98. The van der Waals surface area contributed by atoms with Crippen LogP contribution in [-0.4, -0.2) is 57.9 Å². The molecule has 2 aromatic carbocycles. The summed E-state index contributed by atoms with van der Waals surface area (Å²) in [7, 11) is -0.0217. The van der Waals surface area contributed by atoms with Gasteiger partial charge >= 0.3 is 0 Å². The molecule has 0 spiro atoms. The van der Waals surface area contributed by atoms with E-state index in [-0.39, 0.29) is 23.0 Å². The molecular weight excluding hydrogens is 662 g/mol. The number of carbonyl (C=O) groups excluding carboxylic acids is 2. The zero-order valence-electron chi connectivity index (χ0n) is 28.5. The number of nitrogens with zero attached hydrogens (tertiary/aromatic N) is 4. The van der Waals surface area contributed by atoms with Crippen molar-refractivity contribution in [1.29, 1.82) is 0 Å². The number of unbranched alkanes of at least 4 members (excludes halogenated alkanes) is 1. The Balaban J connectivity index is 1.37. The van der Waals surface area contributed by atoms with E-state index in [1.165, 1.54) is 28.2 Å². The number of aromatic nitrogens is 2. The number of hydrogen-bond acceptors (Lipinski definition) is 7. The third kappa shape index (κ3) is 8.22. The summed E-state index contributed by atoms with van der Waals surface area (Å²) in [5.74, 6) is 1.24. The number of halogens is 1. The summed E-state index contributed by atoms with van der Waals surface area (Å²) >= 11 is 6.52. The maximum absolute atomic E-state index is 14.1. The third-order valence-corrected chi connectivity index (χ3v) is 12.3. The molecule has 0 saturated heterocycles. The van der Waals surface area contributed by atoms with Gasteiger partial charge in [0.15, 0.2) is 0 Å². The molecule has 0 unspecified atom stereocenters. The predicted molar refractivity (Wildman–Crippen MR) is 192 cm³/mol. The Labute approximate surface area is 294 Å². The minimum absolute atomic E-state index is 0.000627. The lowest BCUT2D eigenvalue weighted by Crippen LogP contribution is -2.43. The van der Waals surface area contributed by atoms with E-state index in [2.05, 4.69) is 44.7 Å². The second-order valence-electron chi connectivity index (χ2n) is 13.6. The van der Waals surface area contributed by atoms with Gasteiger partial charge in [0.1, 0.15) is 15.7 Å². The Hall–Kier alpha value is -3.67. The second-order valence-corrected chi connectivity index (χ2v) is 16.1. The van der Waals surface area contributed by atoms with Gasteiger partial charge in [-0.15, -0.1) is 10.9 Å². The van der Waals surface area contributed by atoms with Gasteiger partial charge in [-0.05, 0) is 111 Å². The summed E-state index contributed by atoms with van der Waals surface area (Å²) in [5, 5.41) is 4.76. The topological polar surface area (TPSA) is 115 Å². The van der Waals surface area contributed by atoms with Crippen LogP contribution in [0.25, 0.3) is 0 Å². The monoisotopic (exact) mass is 707 g/mol. The van der Waals surface area contributed by atoms with Crippen molar-refractivity contribution in [2.45, 2.75) is 64.0 Å². The quantitative estimate of drug-likeness (QED) is 0.170. The van der Waals surface area contributed by atoms with Crippen LogP contribution in [0.1, 0.15) is 83.2 Å². The molecule has 262 valence electrons. The molecule has 2 amide bonds. The Morgan fingerprint density at radius 2 is 2.06 bits per heavy atom. The number of amides is 2.